The maximum absolute atomic E-state index is 15.3. The van der Waals surface area contributed by atoms with Crippen LogP contribution in [0, 0.1) is 23.7 Å². The van der Waals surface area contributed by atoms with Gasteiger partial charge in [0, 0.05) is 75.3 Å². The first-order chi connectivity index (χ1) is 45.5. The van der Waals surface area contributed by atoms with Crippen molar-refractivity contribution in [2.75, 3.05) is 36.2 Å². The monoisotopic (exact) mass is 1360 g/mol. The van der Waals surface area contributed by atoms with E-state index in [1.54, 1.807) is 60.7 Å². The van der Waals surface area contributed by atoms with Crippen LogP contribution in [0.3, 0.4) is 0 Å². The Hall–Kier alpha value is -5.52. The minimum atomic E-state index is -0.596. The number of amides is 4. The molecule has 10 nitrogen and oxygen atoms in total. The Labute approximate surface area is 580 Å². The van der Waals surface area contributed by atoms with Gasteiger partial charge in [-0.05, 0) is 97.9 Å². The number of nitrogens with zero attached hydrogens (tertiary/aromatic N) is 2. The van der Waals surface area contributed by atoms with Gasteiger partial charge in [-0.2, -0.15) is 0 Å². The zero-order valence-electron chi connectivity index (χ0n) is 57.4. The molecule has 0 bridgehead atoms. The van der Waals surface area contributed by atoms with E-state index in [0.717, 1.165) is 61.2 Å². The summed E-state index contributed by atoms with van der Waals surface area (Å²) in [6.07, 6.45) is 33.3. The van der Waals surface area contributed by atoms with Crippen molar-refractivity contribution in [1.82, 2.24) is 0 Å². The lowest BCUT2D eigenvalue weighted by Crippen LogP contribution is -2.40. The fraction of sp³-hybridized carbons (Fsp3) is 0.550. The highest BCUT2D eigenvalue weighted by atomic mass is 35.5. The van der Waals surface area contributed by atoms with Crippen LogP contribution >= 0.6 is 46.4 Å². The number of hydrogen-bond donors (Lipinski definition) is 0. The molecule has 7 aromatic rings. The minimum Gasteiger partial charge on any atom is -0.489 e. The van der Waals surface area contributed by atoms with Gasteiger partial charge in [-0.25, -0.2) is 9.80 Å². The van der Waals surface area contributed by atoms with Crippen LogP contribution in [0.15, 0.2) is 60.7 Å². The van der Waals surface area contributed by atoms with E-state index in [9.17, 15) is 0 Å². The predicted octanol–water partition coefficient (Wildman–Crippen LogP) is 25.0. The van der Waals surface area contributed by atoms with Gasteiger partial charge in [0.05, 0.1) is 60.1 Å². The van der Waals surface area contributed by atoms with Gasteiger partial charge >= 0.3 is 0 Å². The summed E-state index contributed by atoms with van der Waals surface area (Å²) in [7, 11) is 0. The fourth-order valence-corrected chi connectivity index (χ4v) is 15.2. The van der Waals surface area contributed by atoms with Crippen LogP contribution < -0.4 is 28.7 Å². The summed E-state index contributed by atoms with van der Waals surface area (Å²) in [6.45, 7) is 19.6. The smallest absolute Gasteiger partial charge is 0.266 e. The Bertz CT molecular complexity index is 3380. The molecule has 4 atom stereocenters. The highest BCUT2D eigenvalue weighted by Crippen LogP contribution is 2.55. The number of unbranched alkanes of at least 4 members (excludes halogenated alkanes) is 20. The average molecular weight is 1360 g/mol. The van der Waals surface area contributed by atoms with E-state index in [1.165, 1.54) is 128 Å². The number of rotatable bonds is 42. The van der Waals surface area contributed by atoms with Crippen LogP contribution in [0.4, 0.5) is 11.4 Å². The molecule has 0 radical (unpaired) electrons. The van der Waals surface area contributed by atoms with E-state index in [2.05, 4.69) is 55.4 Å². The number of carbonyl (C=O) groups excluding carboxylic acids is 4. The number of halogens is 4. The van der Waals surface area contributed by atoms with E-state index >= 15 is 19.2 Å². The number of fused-ring (bicyclic) bond motifs is 2. The summed E-state index contributed by atoms with van der Waals surface area (Å²) in [5.74, 6) is 0.747. The van der Waals surface area contributed by atoms with Crippen LogP contribution in [0.1, 0.15) is 277 Å². The number of carbonyl (C=O) groups is 4. The minimum absolute atomic E-state index is 0.147. The van der Waals surface area contributed by atoms with Crippen LogP contribution in [0.25, 0.3) is 43.1 Å². The van der Waals surface area contributed by atoms with Crippen LogP contribution in [0.2, 0.25) is 20.1 Å². The molecule has 0 fully saturated rings. The zero-order chi connectivity index (χ0) is 67.0. The molecule has 0 spiro atoms. The van der Waals surface area contributed by atoms with Gasteiger partial charge in [-0.15, -0.1) is 0 Å². The van der Waals surface area contributed by atoms with Crippen LogP contribution in [-0.2, 0) is 0 Å². The van der Waals surface area contributed by atoms with Crippen molar-refractivity contribution in [2.45, 2.75) is 235 Å². The third-order valence-corrected chi connectivity index (χ3v) is 20.7. The third-order valence-electron chi connectivity index (χ3n) is 19.5. The lowest BCUT2D eigenvalue weighted by molar-refractivity contribution is 0.0877. The van der Waals surface area contributed by atoms with Crippen molar-refractivity contribution in [1.29, 1.82) is 0 Å². The van der Waals surface area contributed by atoms with E-state index in [4.69, 9.17) is 65.4 Å². The standard InChI is InChI=1S/C80H102Cl4N2O8/c1-9-13-17-21-25-29-33-51(5)47-91-65-39-37-55(41-67(65)93-49-53(7)35-31-27-23-19-15-11-3)85-77(87)57-43-61(81)71-73-63(83)45-59-70-60(46-64(84)74(76(70)73)72-62(82)44-58(78(85)88)69(57)75(71)72)80(90)86(79(59)89)56-38-40-66(92-48-52(6)34-30-26-22-18-14-10-2)68(42-56)94-50-54(8)36-32-28-24-20-16-12-4/h37-46,51-54H,9-36,47-50H2,1-8H3. The summed E-state index contributed by atoms with van der Waals surface area (Å²) in [6, 6.07) is 16.8. The number of hydrogen-bond acceptors (Lipinski definition) is 8. The van der Waals surface area contributed by atoms with Crippen molar-refractivity contribution in [3.05, 3.63) is 103 Å². The van der Waals surface area contributed by atoms with Crippen LogP contribution in [0.5, 0.6) is 23.0 Å². The first-order valence-electron chi connectivity index (χ1n) is 36.1. The predicted molar refractivity (Wildman–Crippen MR) is 393 cm³/mol. The lowest BCUT2D eigenvalue weighted by Gasteiger charge is -2.31. The summed E-state index contributed by atoms with van der Waals surface area (Å²) >= 11 is 29.9. The molecule has 14 heteroatoms. The molecule has 0 saturated heterocycles. The quantitative estimate of drug-likeness (QED) is 0.0161. The first-order valence-corrected chi connectivity index (χ1v) is 37.6. The molecule has 508 valence electrons. The molecule has 9 rings (SSSR count). The highest BCUT2D eigenvalue weighted by molar-refractivity contribution is 6.57. The maximum atomic E-state index is 15.3. The highest BCUT2D eigenvalue weighted by Gasteiger charge is 2.41. The second-order valence-electron chi connectivity index (χ2n) is 27.7. The van der Waals surface area contributed by atoms with E-state index in [0.29, 0.717) is 116 Å². The second kappa shape index (κ2) is 35.1. The van der Waals surface area contributed by atoms with Crippen molar-refractivity contribution in [3.8, 4) is 23.0 Å². The maximum Gasteiger partial charge on any atom is 0.266 e. The molecule has 0 N–H and O–H groups in total. The molecular weight excluding hydrogens is 1260 g/mol. The Morgan fingerprint density at radius 1 is 0.298 bits per heavy atom. The van der Waals surface area contributed by atoms with Gasteiger partial charge in [0.15, 0.2) is 23.0 Å². The molecule has 2 heterocycles. The molecule has 0 saturated carbocycles. The summed E-state index contributed by atoms with van der Waals surface area (Å²) < 4.78 is 26.3. The van der Waals surface area contributed by atoms with Crippen molar-refractivity contribution in [3.63, 3.8) is 0 Å². The lowest BCUT2D eigenvalue weighted by atomic mass is 9.82. The SMILES string of the molecule is CCCCCCCCC(C)COc1ccc(N2C(=O)c3cc(Cl)c4c5c(Cl)cc6c7c(cc(Cl)c(c8c(Cl)cc(c3c48)C2=O)c75)C(=O)N(c2ccc(OCC(C)CCCCCCCC)c(OCC(C)CCCCCCCC)c2)C6=O)cc1OCC(C)CCCCCCCC. The molecular formula is C80H102Cl4N2O8. The van der Waals surface area contributed by atoms with Crippen LogP contribution in [-0.4, -0.2) is 50.1 Å². The number of ether oxygens (including phenoxy) is 4. The first kappa shape index (κ1) is 72.7. The Balaban J connectivity index is 1.04. The molecule has 94 heavy (non-hydrogen) atoms. The second-order valence-corrected chi connectivity index (χ2v) is 29.3. The van der Waals surface area contributed by atoms with Gasteiger partial charge in [-0.3, -0.25) is 19.2 Å². The van der Waals surface area contributed by atoms with Gasteiger partial charge in [0.2, 0.25) is 0 Å². The molecule has 0 aliphatic carbocycles. The fourth-order valence-electron chi connectivity index (χ4n) is 14.0. The summed E-state index contributed by atoms with van der Waals surface area (Å²) in [5, 5.41) is 3.68. The van der Waals surface area contributed by atoms with Gasteiger partial charge in [0.25, 0.3) is 23.6 Å². The molecule has 4 amide bonds. The molecule has 0 aromatic heterocycles. The number of anilines is 2. The Kier molecular flexibility index (Phi) is 27.2. The van der Waals surface area contributed by atoms with Crippen molar-refractivity contribution >= 4 is 124 Å². The Morgan fingerprint density at radius 3 is 0.787 bits per heavy atom. The van der Waals surface area contributed by atoms with Gasteiger partial charge in [-0.1, -0.05) is 256 Å². The number of imide groups is 2. The third kappa shape index (κ3) is 17.1. The summed E-state index contributed by atoms with van der Waals surface area (Å²) in [4.78, 5) is 63.4. The number of benzene rings is 7. The van der Waals surface area contributed by atoms with E-state index < -0.39 is 23.6 Å². The van der Waals surface area contributed by atoms with Gasteiger partial charge in [0.1, 0.15) is 0 Å². The molecule has 2 aliphatic heterocycles. The van der Waals surface area contributed by atoms with Gasteiger partial charge < -0.3 is 18.9 Å². The summed E-state index contributed by atoms with van der Waals surface area (Å²) in [5.41, 5.74) is 1.30. The van der Waals surface area contributed by atoms with Crippen molar-refractivity contribution < 1.29 is 38.1 Å². The molecule has 7 aromatic carbocycles. The van der Waals surface area contributed by atoms with E-state index in [1.807, 2.05) is 0 Å². The Morgan fingerprint density at radius 2 is 0.532 bits per heavy atom. The normalized spacial score (nSPS) is 14.6. The largest absolute Gasteiger partial charge is 0.489 e. The zero-order valence-corrected chi connectivity index (χ0v) is 60.4. The average Bonchev–Trinajstić information content (AvgIpc) is 0.677. The molecule has 2 aliphatic rings. The molecule has 4 unspecified atom stereocenters. The topological polar surface area (TPSA) is 112 Å². The van der Waals surface area contributed by atoms with E-state index in [-0.39, 0.29) is 54.2 Å². The van der Waals surface area contributed by atoms with Crippen molar-refractivity contribution in [2.24, 2.45) is 23.7 Å².